The van der Waals surface area contributed by atoms with Gasteiger partial charge in [0.25, 0.3) is 5.91 Å². The van der Waals surface area contributed by atoms with Gasteiger partial charge in [0.05, 0.1) is 12.1 Å². The fourth-order valence-electron chi connectivity index (χ4n) is 4.50. The molecule has 0 unspecified atom stereocenters. The second-order valence-electron chi connectivity index (χ2n) is 8.59. The van der Waals surface area contributed by atoms with E-state index in [9.17, 15) is 9.59 Å². The van der Waals surface area contributed by atoms with E-state index in [2.05, 4.69) is 42.6 Å². The monoisotopic (exact) mass is 436 g/mol. The Morgan fingerprint density at radius 1 is 1.19 bits per heavy atom. The van der Waals surface area contributed by atoms with Crippen LogP contribution in [-0.4, -0.2) is 49.1 Å². The molecule has 32 heavy (non-hydrogen) atoms. The number of rotatable bonds is 7. The number of hydrogen-bond donors (Lipinski definition) is 1. The summed E-state index contributed by atoms with van der Waals surface area (Å²) in [5.41, 5.74) is 4.55. The Hall–Kier alpha value is -2.86. The van der Waals surface area contributed by atoms with E-state index >= 15 is 0 Å². The number of amides is 2. The zero-order valence-corrected chi connectivity index (χ0v) is 18.9. The average Bonchev–Trinajstić information content (AvgIpc) is 3.34. The second-order valence-corrected chi connectivity index (χ2v) is 8.59. The van der Waals surface area contributed by atoms with Crippen molar-refractivity contribution >= 4 is 11.8 Å². The van der Waals surface area contributed by atoms with Crippen LogP contribution in [-0.2, 0) is 20.7 Å². The quantitative estimate of drug-likeness (QED) is 0.721. The zero-order chi connectivity index (χ0) is 22.5. The van der Waals surface area contributed by atoms with E-state index in [1.807, 2.05) is 24.0 Å². The topological polar surface area (TPSA) is 67.9 Å². The van der Waals surface area contributed by atoms with Gasteiger partial charge in [-0.15, -0.1) is 0 Å². The average molecular weight is 437 g/mol. The van der Waals surface area contributed by atoms with Gasteiger partial charge in [-0.1, -0.05) is 42.8 Å². The minimum atomic E-state index is -0.156. The number of carbonyl (C=O) groups excluding carboxylic acids is 2. The SMILES string of the molecule is CCC(=O)N1CCc2ccc(OCC(=O)NC[C@H]3CCCO3)cc2[C@@H]1c1ccc(C)cc1. The molecule has 6 nitrogen and oxygen atoms in total. The largest absolute Gasteiger partial charge is 0.484 e. The Bertz CT molecular complexity index is 951. The molecule has 0 bridgehead atoms. The third kappa shape index (κ3) is 5.13. The summed E-state index contributed by atoms with van der Waals surface area (Å²) in [6, 6.07) is 14.2. The molecule has 1 N–H and O–H groups in total. The Labute approximate surface area is 189 Å². The molecule has 2 aliphatic heterocycles. The van der Waals surface area contributed by atoms with E-state index in [0.29, 0.717) is 25.3 Å². The van der Waals surface area contributed by atoms with Crippen LogP contribution in [0.2, 0.25) is 0 Å². The highest BCUT2D eigenvalue weighted by atomic mass is 16.5. The van der Waals surface area contributed by atoms with Gasteiger partial charge < -0.3 is 19.7 Å². The first-order valence-corrected chi connectivity index (χ1v) is 11.5. The standard InChI is InChI=1S/C26H32N2O4/c1-3-25(30)28-13-12-19-10-11-21(32-17-24(29)27-16-22-5-4-14-31-22)15-23(19)26(28)20-8-6-18(2)7-9-20/h6-11,15,22,26H,3-5,12-14,16-17H2,1-2H3,(H,27,29)/t22-,26+/m1/s1. The van der Waals surface area contributed by atoms with Gasteiger partial charge in [0.2, 0.25) is 5.91 Å². The summed E-state index contributed by atoms with van der Waals surface area (Å²) in [4.78, 5) is 26.9. The smallest absolute Gasteiger partial charge is 0.258 e. The normalized spacial score (nSPS) is 20.0. The summed E-state index contributed by atoms with van der Waals surface area (Å²) < 4.78 is 11.4. The first-order chi connectivity index (χ1) is 15.5. The molecule has 2 aromatic carbocycles. The highest BCUT2D eigenvalue weighted by molar-refractivity contribution is 5.78. The number of ether oxygens (including phenoxy) is 2. The van der Waals surface area contributed by atoms with Gasteiger partial charge in [0.15, 0.2) is 6.61 Å². The molecule has 1 fully saturated rings. The molecule has 1 saturated heterocycles. The highest BCUT2D eigenvalue weighted by Crippen LogP contribution is 2.37. The lowest BCUT2D eigenvalue weighted by molar-refractivity contribution is -0.133. The minimum absolute atomic E-state index is 0.0433. The van der Waals surface area contributed by atoms with Crippen molar-refractivity contribution in [3.05, 3.63) is 64.7 Å². The van der Waals surface area contributed by atoms with E-state index in [0.717, 1.165) is 37.0 Å². The molecular formula is C26H32N2O4. The summed E-state index contributed by atoms with van der Waals surface area (Å²) >= 11 is 0. The van der Waals surface area contributed by atoms with E-state index in [4.69, 9.17) is 9.47 Å². The molecule has 0 aromatic heterocycles. The van der Waals surface area contributed by atoms with Crippen LogP contribution in [0.25, 0.3) is 0 Å². The molecule has 0 saturated carbocycles. The van der Waals surface area contributed by atoms with E-state index in [1.165, 1.54) is 11.1 Å². The fourth-order valence-corrected chi connectivity index (χ4v) is 4.50. The number of benzene rings is 2. The van der Waals surface area contributed by atoms with E-state index in [1.54, 1.807) is 0 Å². The maximum atomic E-state index is 12.7. The summed E-state index contributed by atoms with van der Waals surface area (Å²) in [5.74, 6) is 0.621. The Morgan fingerprint density at radius 3 is 2.72 bits per heavy atom. The number of hydrogen-bond acceptors (Lipinski definition) is 4. The van der Waals surface area contributed by atoms with Gasteiger partial charge in [-0.3, -0.25) is 9.59 Å². The molecule has 0 aliphatic carbocycles. The number of fused-ring (bicyclic) bond motifs is 1. The molecule has 2 atom stereocenters. The molecule has 2 heterocycles. The van der Waals surface area contributed by atoms with Crippen LogP contribution in [0.15, 0.2) is 42.5 Å². The third-order valence-corrected chi connectivity index (χ3v) is 6.28. The first kappa shape index (κ1) is 22.3. The third-order valence-electron chi connectivity index (χ3n) is 6.28. The Morgan fingerprint density at radius 2 is 2.00 bits per heavy atom. The molecular weight excluding hydrogens is 404 g/mol. The first-order valence-electron chi connectivity index (χ1n) is 11.5. The molecule has 0 radical (unpaired) electrons. The van der Waals surface area contributed by atoms with Crippen LogP contribution < -0.4 is 10.1 Å². The second kappa shape index (κ2) is 10.2. The summed E-state index contributed by atoms with van der Waals surface area (Å²) in [6.07, 6.45) is 3.43. The molecule has 2 amide bonds. The number of carbonyl (C=O) groups is 2. The number of nitrogens with one attached hydrogen (secondary N) is 1. The van der Waals surface area contributed by atoms with Crippen molar-refractivity contribution in [1.82, 2.24) is 10.2 Å². The van der Waals surface area contributed by atoms with Gasteiger partial charge in [0, 0.05) is 26.1 Å². The summed E-state index contributed by atoms with van der Waals surface area (Å²) in [5, 5.41) is 2.88. The van der Waals surface area contributed by atoms with Gasteiger partial charge in [-0.25, -0.2) is 0 Å². The van der Waals surface area contributed by atoms with Crippen LogP contribution in [0, 0.1) is 6.92 Å². The van der Waals surface area contributed by atoms with Crippen molar-refractivity contribution in [1.29, 1.82) is 0 Å². The highest BCUT2D eigenvalue weighted by Gasteiger charge is 2.31. The maximum Gasteiger partial charge on any atom is 0.258 e. The molecule has 6 heteroatoms. The lowest BCUT2D eigenvalue weighted by atomic mass is 9.87. The molecule has 2 aromatic rings. The minimum Gasteiger partial charge on any atom is -0.484 e. The number of nitrogens with zero attached hydrogens (tertiary/aromatic N) is 1. The van der Waals surface area contributed by atoms with Crippen molar-refractivity contribution in [2.45, 2.75) is 51.7 Å². The Kier molecular flexibility index (Phi) is 7.10. The van der Waals surface area contributed by atoms with Crippen molar-refractivity contribution in [2.75, 3.05) is 26.3 Å². The lowest BCUT2D eigenvalue weighted by Gasteiger charge is -2.38. The molecule has 0 spiro atoms. The number of aryl methyl sites for hydroxylation is 1. The van der Waals surface area contributed by atoms with Crippen LogP contribution in [0.1, 0.15) is 54.5 Å². The predicted octanol–water partition coefficient (Wildman–Crippen LogP) is 3.55. The van der Waals surface area contributed by atoms with E-state index in [-0.39, 0.29) is 30.6 Å². The fraction of sp³-hybridized carbons (Fsp3) is 0.462. The van der Waals surface area contributed by atoms with Gasteiger partial charge in [-0.05, 0) is 55.0 Å². The van der Waals surface area contributed by atoms with E-state index < -0.39 is 0 Å². The molecule has 170 valence electrons. The summed E-state index contributed by atoms with van der Waals surface area (Å²) in [7, 11) is 0. The van der Waals surface area contributed by atoms with Crippen LogP contribution >= 0.6 is 0 Å². The van der Waals surface area contributed by atoms with Crippen LogP contribution in [0.3, 0.4) is 0 Å². The van der Waals surface area contributed by atoms with Crippen LogP contribution in [0.5, 0.6) is 5.75 Å². The van der Waals surface area contributed by atoms with Gasteiger partial charge >= 0.3 is 0 Å². The van der Waals surface area contributed by atoms with Crippen molar-refractivity contribution in [3.63, 3.8) is 0 Å². The Balaban J connectivity index is 1.50. The molecule has 2 aliphatic rings. The zero-order valence-electron chi connectivity index (χ0n) is 18.9. The van der Waals surface area contributed by atoms with Crippen molar-refractivity contribution < 1.29 is 19.1 Å². The van der Waals surface area contributed by atoms with Crippen molar-refractivity contribution in [3.8, 4) is 5.75 Å². The lowest BCUT2D eigenvalue weighted by Crippen LogP contribution is -2.40. The predicted molar refractivity (Wildman–Crippen MR) is 123 cm³/mol. The molecule has 4 rings (SSSR count). The van der Waals surface area contributed by atoms with Crippen LogP contribution in [0.4, 0.5) is 0 Å². The van der Waals surface area contributed by atoms with Gasteiger partial charge in [0.1, 0.15) is 5.75 Å². The maximum absolute atomic E-state index is 12.7. The van der Waals surface area contributed by atoms with Crippen molar-refractivity contribution in [2.24, 2.45) is 0 Å². The van der Waals surface area contributed by atoms with Gasteiger partial charge in [-0.2, -0.15) is 0 Å². The summed E-state index contributed by atoms with van der Waals surface area (Å²) in [6.45, 7) is 5.91.